The van der Waals surface area contributed by atoms with Gasteiger partial charge in [0, 0.05) is 29.5 Å². The van der Waals surface area contributed by atoms with Crippen LogP contribution in [0.25, 0.3) is 0 Å². The number of benzene rings is 2. The lowest BCUT2D eigenvalue weighted by atomic mass is 10.2. The number of urea groups is 1. The van der Waals surface area contributed by atoms with Crippen LogP contribution in [0.15, 0.2) is 48.5 Å². The molecular formula is C18H15ClF3N3O2. The molecule has 0 spiro atoms. The second-order valence-corrected chi connectivity index (χ2v) is 6.40. The number of halogens is 4. The van der Waals surface area contributed by atoms with Gasteiger partial charge >= 0.3 is 12.2 Å². The second-order valence-electron chi connectivity index (χ2n) is 5.96. The van der Waals surface area contributed by atoms with Gasteiger partial charge in [0.25, 0.3) is 0 Å². The van der Waals surface area contributed by atoms with Crippen LogP contribution in [0, 0.1) is 0 Å². The molecule has 142 valence electrons. The molecule has 1 heterocycles. The number of alkyl halides is 3. The first-order valence-corrected chi connectivity index (χ1v) is 8.41. The van der Waals surface area contributed by atoms with E-state index in [9.17, 15) is 22.8 Å². The van der Waals surface area contributed by atoms with E-state index in [4.69, 9.17) is 11.6 Å². The minimum atomic E-state index is -4.44. The van der Waals surface area contributed by atoms with E-state index in [0.717, 1.165) is 12.1 Å². The maximum atomic E-state index is 12.6. The number of nitrogens with one attached hydrogen (secondary N) is 1. The number of hydrogen-bond acceptors (Lipinski definition) is 2. The van der Waals surface area contributed by atoms with Crippen molar-refractivity contribution in [2.45, 2.75) is 6.18 Å². The van der Waals surface area contributed by atoms with Gasteiger partial charge in [-0.3, -0.25) is 9.69 Å². The molecule has 27 heavy (non-hydrogen) atoms. The number of carbonyl (C=O) groups is 2. The summed E-state index contributed by atoms with van der Waals surface area (Å²) in [6.07, 6.45) is -4.44. The van der Waals surface area contributed by atoms with E-state index in [1.54, 1.807) is 24.3 Å². The number of rotatable bonds is 4. The lowest BCUT2D eigenvalue weighted by molar-refractivity contribution is -0.137. The monoisotopic (exact) mass is 397 g/mol. The minimum Gasteiger partial charge on any atom is -0.325 e. The molecule has 1 N–H and O–H groups in total. The van der Waals surface area contributed by atoms with Crippen LogP contribution in [0.5, 0.6) is 0 Å². The molecule has 2 aromatic carbocycles. The molecule has 1 aliphatic heterocycles. The standard InChI is InChI=1S/C18H15ClF3N3O2/c19-13-2-1-3-15(10-13)25-9-8-24(17(25)27)11-16(26)23-14-6-4-12(5-7-14)18(20,21)22/h1-7,10H,8-9,11H2,(H,23,26). The Bertz CT molecular complexity index is 856. The molecule has 0 unspecified atom stereocenters. The van der Waals surface area contributed by atoms with Gasteiger partial charge in [-0.2, -0.15) is 13.2 Å². The zero-order chi connectivity index (χ0) is 19.6. The van der Waals surface area contributed by atoms with Gasteiger partial charge in [-0.15, -0.1) is 0 Å². The van der Waals surface area contributed by atoms with Gasteiger partial charge in [-0.25, -0.2) is 4.79 Å². The molecule has 9 heteroatoms. The van der Waals surface area contributed by atoms with Crippen molar-refractivity contribution in [3.8, 4) is 0 Å². The minimum absolute atomic E-state index is 0.197. The Morgan fingerprint density at radius 1 is 1.11 bits per heavy atom. The summed E-state index contributed by atoms with van der Waals surface area (Å²) in [6, 6.07) is 10.6. The summed E-state index contributed by atoms with van der Waals surface area (Å²) in [5, 5.41) is 2.99. The molecule has 3 amide bonds. The van der Waals surface area contributed by atoms with E-state index in [-0.39, 0.29) is 18.3 Å². The van der Waals surface area contributed by atoms with E-state index < -0.39 is 17.6 Å². The fourth-order valence-electron chi connectivity index (χ4n) is 2.73. The first-order valence-electron chi connectivity index (χ1n) is 8.03. The van der Waals surface area contributed by atoms with Crippen LogP contribution < -0.4 is 10.2 Å². The number of anilines is 2. The van der Waals surface area contributed by atoms with Gasteiger partial charge in [-0.1, -0.05) is 17.7 Å². The van der Waals surface area contributed by atoms with Gasteiger partial charge in [0.2, 0.25) is 5.91 Å². The Labute approximate surface area is 158 Å². The van der Waals surface area contributed by atoms with E-state index >= 15 is 0 Å². The van der Waals surface area contributed by atoms with Crippen LogP contribution in [0.3, 0.4) is 0 Å². The van der Waals surface area contributed by atoms with Crippen molar-refractivity contribution in [1.82, 2.24) is 4.90 Å². The Morgan fingerprint density at radius 2 is 1.81 bits per heavy atom. The van der Waals surface area contributed by atoms with E-state index in [0.29, 0.717) is 23.8 Å². The van der Waals surface area contributed by atoms with E-state index in [1.165, 1.54) is 21.9 Å². The Morgan fingerprint density at radius 3 is 2.44 bits per heavy atom. The quantitative estimate of drug-likeness (QED) is 0.839. The van der Waals surface area contributed by atoms with Crippen molar-refractivity contribution in [2.24, 2.45) is 0 Å². The van der Waals surface area contributed by atoms with Gasteiger partial charge < -0.3 is 10.2 Å². The van der Waals surface area contributed by atoms with Crippen molar-refractivity contribution in [2.75, 3.05) is 29.9 Å². The number of carbonyl (C=O) groups excluding carboxylic acids is 2. The molecule has 0 bridgehead atoms. The van der Waals surface area contributed by atoms with Crippen molar-refractivity contribution in [3.63, 3.8) is 0 Å². The van der Waals surface area contributed by atoms with Crippen LogP contribution in [0.2, 0.25) is 5.02 Å². The van der Waals surface area contributed by atoms with Crippen LogP contribution in [0.1, 0.15) is 5.56 Å². The number of hydrogen-bond donors (Lipinski definition) is 1. The SMILES string of the molecule is O=C(CN1CCN(c2cccc(Cl)c2)C1=O)Nc1ccc(C(F)(F)F)cc1. The van der Waals surface area contributed by atoms with Gasteiger partial charge in [0.15, 0.2) is 0 Å². The molecule has 0 aromatic heterocycles. The second kappa shape index (κ2) is 7.48. The molecule has 1 aliphatic rings. The van der Waals surface area contributed by atoms with Gasteiger partial charge in [0.1, 0.15) is 6.54 Å². The predicted octanol–water partition coefficient (Wildman–Crippen LogP) is 4.24. The van der Waals surface area contributed by atoms with Crippen molar-refractivity contribution >= 4 is 34.9 Å². The molecule has 3 rings (SSSR count). The molecule has 0 saturated carbocycles. The highest BCUT2D eigenvalue weighted by Crippen LogP contribution is 2.30. The smallest absolute Gasteiger partial charge is 0.325 e. The Balaban J connectivity index is 1.59. The first-order chi connectivity index (χ1) is 12.7. The summed E-state index contributed by atoms with van der Waals surface area (Å²) in [7, 11) is 0. The topological polar surface area (TPSA) is 52.7 Å². The normalized spacial score (nSPS) is 14.6. The third kappa shape index (κ3) is 4.51. The molecule has 0 radical (unpaired) electrons. The van der Waals surface area contributed by atoms with Crippen molar-refractivity contribution < 1.29 is 22.8 Å². The van der Waals surface area contributed by atoms with Crippen LogP contribution >= 0.6 is 11.6 Å². The Hall–Kier alpha value is -2.74. The lowest BCUT2D eigenvalue weighted by Crippen LogP contribution is -2.37. The average molecular weight is 398 g/mol. The zero-order valence-corrected chi connectivity index (χ0v) is 14.7. The Kier molecular flexibility index (Phi) is 5.27. The summed E-state index contributed by atoms with van der Waals surface area (Å²) in [5.41, 5.74) is 0.0666. The van der Waals surface area contributed by atoms with Gasteiger partial charge in [-0.05, 0) is 42.5 Å². The van der Waals surface area contributed by atoms with Crippen LogP contribution in [-0.2, 0) is 11.0 Å². The summed E-state index contributed by atoms with van der Waals surface area (Å²) < 4.78 is 37.7. The highest BCUT2D eigenvalue weighted by atomic mass is 35.5. The van der Waals surface area contributed by atoms with Crippen LogP contribution in [-0.4, -0.2) is 36.5 Å². The van der Waals surface area contributed by atoms with Crippen molar-refractivity contribution in [3.05, 3.63) is 59.1 Å². The summed E-state index contributed by atoms with van der Waals surface area (Å²) >= 11 is 5.94. The highest BCUT2D eigenvalue weighted by molar-refractivity contribution is 6.30. The maximum Gasteiger partial charge on any atom is 0.416 e. The fourth-order valence-corrected chi connectivity index (χ4v) is 2.91. The summed E-state index contributed by atoms with van der Waals surface area (Å²) in [5.74, 6) is -0.490. The molecule has 1 fully saturated rings. The predicted molar refractivity (Wildman–Crippen MR) is 95.8 cm³/mol. The molecule has 0 aliphatic carbocycles. The third-order valence-electron chi connectivity index (χ3n) is 4.05. The number of nitrogens with zero attached hydrogens (tertiary/aromatic N) is 2. The van der Waals surface area contributed by atoms with E-state index in [2.05, 4.69) is 5.32 Å². The molecular weight excluding hydrogens is 383 g/mol. The lowest BCUT2D eigenvalue weighted by Gasteiger charge is -2.18. The number of amides is 3. The summed E-state index contributed by atoms with van der Waals surface area (Å²) in [6.45, 7) is 0.565. The molecule has 2 aromatic rings. The molecule has 1 saturated heterocycles. The fraction of sp³-hybridized carbons (Fsp3) is 0.222. The third-order valence-corrected chi connectivity index (χ3v) is 4.28. The highest BCUT2D eigenvalue weighted by Gasteiger charge is 2.31. The van der Waals surface area contributed by atoms with Crippen molar-refractivity contribution in [1.29, 1.82) is 0 Å². The molecule has 0 atom stereocenters. The van der Waals surface area contributed by atoms with Crippen LogP contribution in [0.4, 0.5) is 29.3 Å². The maximum absolute atomic E-state index is 12.6. The molecule has 5 nitrogen and oxygen atoms in total. The van der Waals surface area contributed by atoms with E-state index in [1.807, 2.05) is 0 Å². The first kappa shape index (κ1) is 19.0. The summed E-state index contributed by atoms with van der Waals surface area (Å²) in [4.78, 5) is 27.5. The zero-order valence-electron chi connectivity index (χ0n) is 14.0. The average Bonchev–Trinajstić information content (AvgIpc) is 2.95. The van der Waals surface area contributed by atoms with Gasteiger partial charge in [0.05, 0.1) is 5.56 Å². The largest absolute Gasteiger partial charge is 0.416 e.